The summed E-state index contributed by atoms with van der Waals surface area (Å²) in [7, 11) is 0. The normalized spacial score (nSPS) is 43.3. The van der Waals surface area contributed by atoms with Crippen LogP contribution in [0.25, 0.3) is 0 Å². The summed E-state index contributed by atoms with van der Waals surface area (Å²) in [5.74, 6) is -5.10. The van der Waals surface area contributed by atoms with Crippen molar-refractivity contribution in [1.82, 2.24) is 9.55 Å². The molecule has 0 amide bonds. The van der Waals surface area contributed by atoms with Gasteiger partial charge in [0, 0.05) is 35.7 Å². The summed E-state index contributed by atoms with van der Waals surface area (Å²) < 4.78 is 96.6. The van der Waals surface area contributed by atoms with Crippen LogP contribution in [-0.2, 0) is 22.9 Å². The summed E-state index contributed by atoms with van der Waals surface area (Å²) in [6.07, 6.45) is -5.83. The second-order valence-electron chi connectivity index (χ2n) is 2.98. The number of carbonyl (C=O) groups is 1. The third-order valence-corrected chi connectivity index (χ3v) is 2.04. The van der Waals surface area contributed by atoms with Crippen LogP contribution < -0.4 is 0 Å². The molecule has 2 atom stereocenters. The van der Waals surface area contributed by atoms with Crippen molar-refractivity contribution in [3.63, 3.8) is 0 Å². The first-order valence-electron chi connectivity index (χ1n) is 10.2. The van der Waals surface area contributed by atoms with Gasteiger partial charge in [0.1, 0.15) is 1.37 Å². The number of hydrogen-bond acceptors (Lipinski definition) is 3. The summed E-state index contributed by atoms with van der Waals surface area (Å²) in [5.41, 5.74) is -0.949. The van der Waals surface area contributed by atoms with Crippen molar-refractivity contribution in [2.24, 2.45) is 18.8 Å². The number of cyclic esters (lactones) is 1. The first-order chi connectivity index (χ1) is 11.9. The van der Waals surface area contributed by atoms with Crippen molar-refractivity contribution in [2.75, 3.05) is 6.56 Å². The summed E-state index contributed by atoms with van der Waals surface area (Å²) >= 11 is 0. The Morgan fingerprint density at radius 2 is 2.93 bits per heavy atom. The van der Waals surface area contributed by atoms with E-state index in [0.29, 0.717) is 0 Å². The molecule has 1 saturated heterocycles. The Kier molecular flexibility index (Phi) is 0.833. The average molecular weight is 220 g/mol. The Balaban J connectivity index is 2.68. The van der Waals surface area contributed by atoms with E-state index in [0.717, 1.165) is 0 Å². The minimum atomic E-state index is -3.11. The number of ether oxygens (including phenoxy) is 1. The van der Waals surface area contributed by atoms with Crippen molar-refractivity contribution < 1.29 is 26.0 Å². The largest absolute Gasteiger partial charge is 0.465 e. The first-order valence-corrected chi connectivity index (χ1v) is 4.19. The van der Waals surface area contributed by atoms with Gasteiger partial charge in [-0.15, -0.1) is 0 Å². The third kappa shape index (κ3) is 1.89. The van der Waals surface area contributed by atoms with Crippen molar-refractivity contribution in [3.8, 4) is 0 Å². The van der Waals surface area contributed by atoms with Crippen molar-refractivity contribution in [2.45, 2.75) is 19.6 Å². The Morgan fingerprint density at radius 1 is 2.00 bits per heavy atom. The van der Waals surface area contributed by atoms with E-state index < -0.39 is 69.2 Å². The molecule has 0 saturated carbocycles. The fraction of sp³-hybridized carbons (Fsp3) is 0.636. The standard InChI is InChI=1S/C11H16N2O2/c1-3-10-8(6-15-11(10)14)4-9-5-12-7-13(9)2/h5,7-8,10H,3-4,6H2,1-2H3/t8-,10-/m0/s1/i1D3,2D3,4D2,5D,6D2,7D. The topological polar surface area (TPSA) is 44.1 Å². The molecular weight excluding hydrogens is 192 g/mol. The van der Waals surface area contributed by atoms with E-state index in [-0.39, 0.29) is 4.57 Å². The SMILES string of the molecule is [2H]c1nc([2H])n(C([2H])([2H])[2H])c1C([2H])([2H])[C@@H]1[C@H](CC([2H])([2H])[2H])C(=O)OC1([2H])[2H]. The molecule has 4 heteroatoms. The molecule has 0 aromatic carbocycles. The number of rotatable bonds is 3. The van der Waals surface area contributed by atoms with Crippen LogP contribution in [0.5, 0.6) is 0 Å². The summed E-state index contributed by atoms with van der Waals surface area (Å²) in [4.78, 5) is 15.4. The Hall–Kier alpha value is -1.32. The van der Waals surface area contributed by atoms with E-state index in [9.17, 15) is 4.79 Å². The molecule has 1 fully saturated rings. The zero-order chi connectivity index (χ0) is 21.2. The van der Waals surface area contributed by atoms with Gasteiger partial charge in [-0.25, -0.2) is 4.98 Å². The lowest BCUT2D eigenvalue weighted by Crippen LogP contribution is -2.18. The fourth-order valence-electron chi connectivity index (χ4n) is 1.22. The minimum absolute atomic E-state index is 0.153. The molecular formula is C11H16N2O2. The molecule has 2 rings (SSSR count). The van der Waals surface area contributed by atoms with Crippen LogP contribution in [0.15, 0.2) is 12.5 Å². The molecule has 1 aromatic heterocycles. The van der Waals surface area contributed by atoms with E-state index in [1.165, 1.54) is 0 Å². The fourth-order valence-corrected chi connectivity index (χ4v) is 1.22. The number of nitrogens with zero attached hydrogens (tertiary/aromatic N) is 2. The van der Waals surface area contributed by atoms with E-state index in [4.69, 9.17) is 16.4 Å². The molecule has 1 aromatic rings. The van der Waals surface area contributed by atoms with Gasteiger partial charge in [0.05, 0.1) is 22.9 Å². The van der Waals surface area contributed by atoms with E-state index in [1.54, 1.807) is 0 Å². The number of carbonyl (C=O) groups excluding carboxylic acids is 1. The highest BCUT2D eigenvalue weighted by molar-refractivity contribution is 5.74. The molecule has 0 spiro atoms. The predicted octanol–water partition coefficient (Wildman–Crippen LogP) is 1.16. The maximum atomic E-state index is 12.0. The number of imidazole rings is 1. The van der Waals surface area contributed by atoms with Crippen molar-refractivity contribution in [1.29, 1.82) is 0 Å². The van der Waals surface area contributed by atoms with Crippen molar-refractivity contribution >= 4 is 5.97 Å². The lowest BCUT2D eigenvalue weighted by molar-refractivity contribution is -0.141. The van der Waals surface area contributed by atoms with Gasteiger partial charge < -0.3 is 9.30 Å². The zero-order valence-electron chi connectivity index (χ0n) is 19.6. The molecule has 0 radical (unpaired) electrons. The van der Waals surface area contributed by atoms with Gasteiger partial charge in [-0.05, 0) is 12.8 Å². The lowest BCUT2D eigenvalue weighted by atomic mass is 9.89. The summed E-state index contributed by atoms with van der Waals surface area (Å²) in [6.45, 7) is -8.79. The Morgan fingerprint density at radius 3 is 3.73 bits per heavy atom. The predicted molar refractivity (Wildman–Crippen MR) is 55.1 cm³/mol. The highest BCUT2D eigenvalue weighted by Gasteiger charge is 2.35. The third-order valence-electron chi connectivity index (χ3n) is 2.04. The summed E-state index contributed by atoms with van der Waals surface area (Å²) in [6, 6.07) is 0. The number of hydrogen-bond donors (Lipinski definition) is 0. The quantitative estimate of drug-likeness (QED) is 0.718. The maximum absolute atomic E-state index is 12.0. The van der Waals surface area contributed by atoms with Crippen LogP contribution in [0.3, 0.4) is 0 Å². The average Bonchev–Trinajstić information content (AvgIpc) is 2.80. The number of aromatic nitrogens is 2. The Bertz CT molecular complexity index is 750. The highest BCUT2D eigenvalue weighted by Crippen LogP contribution is 2.27. The molecule has 2 heterocycles. The molecule has 0 N–H and O–H groups in total. The van der Waals surface area contributed by atoms with Crippen LogP contribution in [-0.4, -0.2) is 22.1 Å². The highest BCUT2D eigenvalue weighted by atomic mass is 16.5. The van der Waals surface area contributed by atoms with E-state index >= 15 is 0 Å². The molecule has 4 nitrogen and oxygen atoms in total. The van der Waals surface area contributed by atoms with Gasteiger partial charge >= 0.3 is 5.97 Å². The van der Waals surface area contributed by atoms with Gasteiger partial charge in [-0.2, -0.15) is 0 Å². The smallest absolute Gasteiger partial charge is 0.309 e. The van der Waals surface area contributed by atoms with Crippen LogP contribution in [0, 0.1) is 11.8 Å². The van der Waals surface area contributed by atoms with Gasteiger partial charge in [-0.3, -0.25) is 4.79 Å². The molecule has 82 valence electrons. The summed E-state index contributed by atoms with van der Waals surface area (Å²) in [5, 5.41) is 0. The Labute approximate surface area is 106 Å². The van der Waals surface area contributed by atoms with Gasteiger partial charge in [-0.1, -0.05) is 6.85 Å². The zero-order valence-corrected chi connectivity index (χ0v) is 7.57. The van der Waals surface area contributed by atoms with Gasteiger partial charge in [0.15, 0.2) is 0 Å². The van der Waals surface area contributed by atoms with Gasteiger partial charge in [0.25, 0.3) is 0 Å². The van der Waals surface area contributed by atoms with Crippen LogP contribution >= 0.6 is 0 Å². The molecule has 1 aliphatic rings. The molecule has 0 bridgehead atoms. The monoisotopic (exact) mass is 220 g/mol. The maximum Gasteiger partial charge on any atom is 0.309 e. The molecule has 1 aliphatic heterocycles. The molecule has 0 aliphatic carbocycles. The van der Waals surface area contributed by atoms with E-state index in [1.807, 2.05) is 0 Å². The van der Waals surface area contributed by atoms with E-state index in [2.05, 4.69) is 9.72 Å². The van der Waals surface area contributed by atoms with Crippen molar-refractivity contribution in [3.05, 3.63) is 18.2 Å². The van der Waals surface area contributed by atoms with Crippen LogP contribution in [0.2, 0.25) is 0 Å². The number of esters is 1. The second-order valence-corrected chi connectivity index (χ2v) is 2.98. The second kappa shape index (κ2) is 4.04. The molecule has 15 heavy (non-hydrogen) atoms. The molecule has 0 unspecified atom stereocenters. The van der Waals surface area contributed by atoms with Crippen LogP contribution in [0.4, 0.5) is 0 Å². The van der Waals surface area contributed by atoms with Crippen LogP contribution in [0.1, 0.15) is 35.4 Å². The lowest BCUT2D eigenvalue weighted by Gasteiger charge is -2.12. The first kappa shape index (κ1) is 3.09. The van der Waals surface area contributed by atoms with Gasteiger partial charge in [0.2, 0.25) is 0 Å². The minimum Gasteiger partial charge on any atom is -0.465 e.